The van der Waals surface area contributed by atoms with Gasteiger partial charge in [-0.15, -0.1) is 0 Å². The molecule has 0 aliphatic heterocycles. The van der Waals surface area contributed by atoms with Crippen LogP contribution in [0.2, 0.25) is 0 Å². The van der Waals surface area contributed by atoms with E-state index in [1.54, 1.807) is 6.07 Å². The number of carbonyl (C=O) groups excluding carboxylic acids is 1. The van der Waals surface area contributed by atoms with Crippen LogP contribution in [0.25, 0.3) is 10.8 Å². The molecule has 3 rings (SSSR count). The fourth-order valence-electron chi connectivity index (χ4n) is 2.41. The van der Waals surface area contributed by atoms with Crippen molar-refractivity contribution in [3.8, 4) is 11.5 Å². The molecule has 0 aliphatic carbocycles. The average molecular weight is 383 g/mol. The molecule has 0 heterocycles. The van der Waals surface area contributed by atoms with Crippen molar-refractivity contribution in [2.75, 3.05) is 7.11 Å². The fourth-order valence-corrected chi connectivity index (χ4v) is 2.41. The molecule has 0 N–H and O–H groups in total. The molecule has 0 unspecified atom stereocenters. The van der Waals surface area contributed by atoms with Gasteiger partial charge in [-0.05, 0) is 28.5 Å². The monoisotopic (exact) mass is 382 g/mol. The van der Waals surface area contributed by atoms with Crippen molar-refractivity contribution in [1.29, 1.82) is 0 Å². The molecule has 6 heteroatoms. The van der Waals surface area contributed by atoms with Gasteiger partial charge in [-0.25, -0.2) is 4.79 Å². The van der Waals surface area contributed by atoms with Gasteiger partial charge >= 0.3 is 23.0 Å². The summed E-state index contributed by atoms with van der Waals surface area (Å²) in [6.07, 6.45) is 1.36. The predicted molar refractivity (Wildman–Crippen MR) is 87.9 cm³/mol. The van der Waals surface area contributed by atoms with Crippen LogP contribution in [0.4, 0.5) is 5.69 Å². The second-order valence-electron chi connectivity index (χ2n) is 5.13. The van der Waals surface area contributed by atoms with Crippen molar-refractivity contribution < 1.29 is 36.8 Å². The second kappa shape index (κ2) is 7.83. The molecule has 129 valence electrons. The first-order valence-corrected chi connectivity index (χ1v) is 7.22. The van der Waals surface area contributed by atoms with Crippen LogP contribution in [0, 0.1) is 0 Å². The molecule has 3 aromatic rings. The molecule has 3 aromatic carbocycles. The van der Waals surface area contributed by atoms with Crippen molar-refractivity contribution in [3.63, 3.8) is 0 Å². The summed E-state index contributed by atoms with van der Waals surface area (Å²) in [5.41, 5.74) is 0.700. The molecule has 0 aliphatic rings. The third kappa shape index (κ3) is 3.82. The summed E-state index contributed by atoms with van der Waals surface area (Å²) in [5, 5.41) is 25.7. The number of aliphatic imine (C=N–C) groups is 1. The Bertz CT molecular complexity index is 953. The molecule has 1 radical (unpaired) electrons. The van der Waals surface area contributed by atoms with E-state index in [1.165, 1.54) is 37.6 Å². The van der Waals surface area contributed by atoms with Crippen LogP contribution in [0.5, 0.6) is 11.5 Å². The van der Waals surface area contributed by atoms with Crippen LogP contribution in [0.15, 0.2) is 59.6 Å². The SMILES string of the molecule is COC(=O)c1ccc([O-])c(N=Cc2c([O-])ccc3ccccc23)c1.[Cu+2]. The fraction of sp³-hybridized carbons (Fsp3) is 0.0526. The zero-order valence-electron chi connectivity index (χ0n) is 13.2. The Morgan fingerprint density at radius 3 is 2.52 bits per heavy atom. The molecule has 0 bridgehead atoms. The topological polar surface area (TPSA) is 84.8 Å². The summed E-state index contributed by atoms with van der Waals surface area (Å²) in [4.78, 5) is 15.7. The summed E-state index contributed by atoms with van der Waals surface area (Å²) >= 11 is 0. The van der Waals surface area contributed by atoms with Crippen LogP contribution in [0.1, 0.15) is 15.9 Å². The van der Waals surface area contributed by atoms with Crippen LogP contribution in [-0.4, -0.2) is 19.3 Å². The van der Waals surface area contributed by atoms with E-state index in [9.17, 15) is 15.0 Å². The van der Waals surface area contributed by atoms with E-state index in [1.807, 2.05) is 24.3 Å². The molecular weight excluding hydrogens is 370 g/mol. The molecule has 25 heavy (non-hydrogen) atoms. The first-order valence-electron chi connectivity index (χ1n) is 7.22. The Kier molecular flexibility index (Phi) is 5.80. The smallest absolute Gasteiger partial charge is 0.872 e. The van der Waals surface area contributed by atoms with Gasteiger partial charge in [0.2, 0.25) is 0 Å². The van der Waals surface area contributed by atoms with E-state index < -0.39 is 5.97 Å². The van der Waals surface area contributed by atoms with Gasteiger partial charge in [0.25, 0.3) is 0 Å². The van der Waals surface area contributed by atoms with Gasteiger partial charge in [-0.3, -0.25) is 4.99 Å². The molecule has 5 nitrogen and oxygen atoms in total. The summed E-state index contributed by atoms with van der Waals surface area (Å²) in [7, 11) is 1.26. The number of hydrogen-bond acceptors (Lipinski definition) is 5. The van der Waals surface area contributed by atoms with E-state index in [0.717, 1.165) is 10.8 Å². The van der Waals surface area contributed by atoms with E-state index >= 15 is 0 Å². The first-order chi connectivity index (χ1) is 11.6. The first kappa shape index (κ1) is 18.5. The number of carbonyl (C=O) groups is 1. The Balaban J connectivity index is 0.00000225. The molecule has 0 saturated heterocycles. The van der Waals surface area contributed by atoms with Gasteiger partial charge in [0.05, 0.1) is 18.4 Å². The number of rotatable bonds is 3. The maximum Gasteiger partial charge on any atom is 2.00 e. The molecular formula is C19H13CuNO4. The van der Waals surface area contributed by atoms with E-state index in [0.29, 0.717) is 5.56 Å². The summed E-state index contributed by atoms with van der Waals surface area (Å²) < 4.78 is 4.63. The van der Waals surface area contributed by atoms with Crippen molar-refractivity contribution in [1.82, 2.24) is 0 Å². The van der Waals surface area contributed by atoms with Crippen molar-refractivity contribution in [2.24, 2.45) is 4.99 Å². The van der Waals surface area contributed by atoms with E-state index in [2.05, 4.69) is 9.73 Å². The maximum atomic E-state index is 12.1. The number of ether oxygens (including phenoxy) is 1. The molecule has 0 atom stereocenters. The Morgan fingerprint density at radius 2 is 1.76 bits per heavy atom. The third-order valence-corrected chi connectivity index (χ3v) is 3.64. The van der Waals surface area contributed by atoms with Gasteiger partial charge in [-0.1, -0.05) is 54.0 Å². The Labute approximate surface area is 155 Å². The standard InChI is InChI=1S/C19H15NO4.Cu/c1-24-19(23)13-7-9-18(22)16(10-13)20-11-15-14-5-3-2-4-12(14)6-8-17(15)21;/h2-11,21-22H,1H3;/q;+2/p-2. The summed E-state index contributed by atoms with van der Waals surface area (Å²) in [5.74, 6) is -1.08. The number of fused-ring (bicyclic) bond motifs is 1. The molecule has 0 amide bonds. The molecule has 0 fully saturated rings. The quantitative estimate of drug-likeness (QED) is 0.396. The average Bonchev–Trinajstić information content (AvgIpc) is 2.61. The van der Waals surface area contributed by atoms with Gasteiger partial charge in [-0.2, -0.15) is 0 Å². The summed E-state index contributed by atoms with van der Waals surface area (Å²) in [6, 6.07) is 14.6. The van der Waals surface area contributed by atoms with Crippen molar-refractivity contribution in [2.45, 2.75) is 0 Å². The number of nitrogens with zero attached hydrogens (tertiary/aromatic N) is 1. The predicted octanol–water partition coefficient (Wildman–Crippen LogP) is 2.52. The van der Waals surface area contributed by atoms with Gasteiger partial charge < -0.3 is 14.9 Å². The summed E-state index contributed by atoms with van der Waals surface area (Å²) in [6.45, 7) is 0. The van der Waals surface area contributed by atoms with Gasteiger partial charge in [0.1, 0.15) is 0 Å². The van der Waals surface area contributed by atoms with Gasteiger partial charge in [0.15, 0.2) is 0 Å². The van der Waals surface area contributed by atoms with Crippen molar-refractivity contribution in [3.05, 3.63) is 65.7 Å². The number of benzene rings is 3. The minimum atomic E-state index is -0.555. The third-order valence-electron chi connectivity index (χ3n) is 3.64. The minimum Gasteiger partial charge on any atom is -0.872 e. The number of esters is 1. The maximum absolute atomic E-state index is 12.1. The second-order valence-corrected chi connectivity index (χ2v) is 5.13. The minimum absolute atomic E-state index is 0. The normalized spacial score (nSPS) is 10.6. The Hall–Kier alpha value is -2.82. The zero-order chi connectivity index (χ0) is 17.1. The number of hydrogen-bond donors (Lipinski definition) is 0. The molecule has 0 aromatic heterocycles. The zero-order valence-corrected chi connectivity index (χ0v) is 14.1. The van der Waals surface area contributed by atoms with Crippen LogP contribution in [-0.2, 0) is 21.8 Å². The van der Waals surface area contributed by atoms with E-state index in [4.69, 9.17) is 0 Å². The molecule has 0 saturated carbocycles. The van der Waals surface area contributed by atoms with Crippen LogP contribution < -0.4 is 10.2 Å². The van der Waals surface area contributed by atoms with Crippen LogP contribution in [0.3, 0.4) is 0 Å². The van der Waals surface area contributed by atoms with Crippen molar-refractivity contribution >= 4 is 28.6 Å². The Morgan fingerprint density at radius 1 is 1.04 bits per heavy atom. The van der Waals surface area contributed by atoms with Gasteiger partial charge in [0, 0.05) is 6.21 Å². The van der Waals surface area contributed by atoms with E-state index in [-0.39, 0.29) is 39.8 Å². The number of methoxy groups -OCH3 is 1. The van der Waals surface area contributed by atoms with Crippen LogP contribution >= 0.6 is 0 Å². The molecule has 0 spiro atoms. The largest absolute Gasteiger partial charge is 2.00 e.